The highest BCUT2D eigenvalue weighted by Crippen LogP contribution is 2.31. The molecule has 0 aliphatic carbocycles. The van der Waals surface area contributed by atoms with Gasteiger partial charge in [0.05, 0.1) is 5.56 Å². The fourth-order valence-electron chi connectivity index (χ4n) is 4.22. The van der Waals surface area contributed by atoms with Gasteiger partial charge in [-0.1, -0.05) is 57.2 Å². The smallest absolute Gasteiger partial charge is 0.340 e. The molecule has 6 nitrogen and oxygen atoms in total. The summed E-state index contributed by atoms with van der Waals surface area (Å²) >= 11 is 0. The predicted octanol–water partition coefficient (Wildman–Crippen LogP) is 4.97. The highest BCUT2D eigenvalue weighted by molar-refractivity contribution is 5.94. The lowest BCUT2D eigenvalue weighted by atomic mass is 9.85. The lowest BCUT2D eigenvalue weighted by Crippen LogP contribution is -2.56. The van der Waals surface area contributed by atoms with Crippen molar-refractivity contribution in [1.82, 2.24) is 15.1 Å². The van der Waals surface area contributed by atoms with Crippen molar-refractivity contribution in [2.45, 2.75) is 52.0 Å². The summed E-state index contributed by atoms with van der Waals surface area (Å²) in [5, 5.41) is 5.11. The van der Waals surface area contributed by atoms with Crippen LogP contribution < -0.4 is 10.6 Å². The minimum Gasteiger partial charge on any atom is -0.340 e. The lowest BCUT2D eigenvalue weighted by Gasteiger charge is -2.35. The highest BCUT2D eigenvalue weighted by Gasteiger charge is 2.38. The molecule has 0 bridgehead atoms. The van der Waals surface area contributed by atoms with Gasteiger partial charge in [-0.2, -0.15) is 13.2 Å². The van der Waals surface area contributed by atoms with Gasteiger partial charge in [-0.15, -0.1) is 0 Å². The molecule has 2 unspecified atom stereocenters. The van der Waals surface area contributed by atoms with E-state index in [4.69, 9.17) is 0 Å². The van der Waals surface area contributed by atoms with E-state index in [1.165, 1.54) is 17.7 Å². The highest BCUT2D eigenvalue weighted by atomic mass is 19.4. The molecular weight excluding hydrogens is 457 g/mol. The van der Waals surface area contributed by atoms with Crippen LogP contribution in [0.5, 0.6) is 0 Å². The number of carbonyl (C=O) groups is 2. The van der Waals surface area contributed by atoms with Crippen LogP contribution in [0.4, 0.5) is 23.7 Å². The number of hydrogen-bond acceptors (Lipinski definition) is 3. The number of anilines is 1. The van der Waals surface area contributed by atoms with Crippen molar-refractivity contribution in [2.75, 3.05) is 25.5 Å². The largest absolute Gasteiger partial charge is 0.416 e. The molecule has 1 aliphatic rings. The summed E-state index contributed by atoms with van der Waals surface area (Å²) in [6, 6.07) is 12.9. The number of halogens is 3. The van der Waals surface area contributed by atoms with Gasteiger partial charge >= 0.3 is 12.2 Å². The molecule has 1 heterocycles. The van der Waals surface area contributed by atoms with Gasteiger partial charge in [-0.25, -0.2) is 4.79 Å². The SMILES string of the molecule is CN(C(=O)C(NC(=O)Nc1cccc(C(F)(F)F)c1)C(C)(C)C)C1CCN(Cc2ccccc2)C1. The van der Waals surface area contributed by atoms with E-state index >= 15 is 0 Å². The Bertz CT molecular complexity index is 1020. The van der Waals surface area contributed by atoms with E-state index in [0.29, 0.717) is 0 Å². The Morgan fingerprint density at radius 1 is 1.09 bits per heavy atom. The van der Waals surface area contributed by atoms with Crippen molar-refractivity contribution in [3.05, 3.63) is 65.7 Å². The molecule has 3 rings (SSSR count). The van der Waals surface area contributed by atoms with E-state index in [1.54, 1.807) is 11.9 Å². The number of carbonyl (C=O) groups excluding carboxylic acids is 2. The molecule has 3 amide bonds. The van der Waals surface area contributed by atoms with Crippen LogP contribution in [0.15, 0.2) is 54.6 Å². The Balaban J connectivity index is 1.63. The van der Waals surface area contributed by atoms with Gasteiger partial charge < -0.3 is 15.5 Å². The molecule has 35 heavy (non-hydrogen) atoms. The molecule has 2 aromatic rings. The number of benzene rings is 2. The molecule has 190 valence electrons. The predicted molar refractivity (Wildman–Crippen MR) is 130 cm³/mol. The van der Waals surface area contributed by atoms with Gasteiger partial charge in [0.1, 0.15) is 6.04 Å². The molecule has 1 aliphatic heterocycles. The molecule has 1 saturated heterocycles. The fourth-order valence-corrected chi connectivity index (χ4v) is 4.22. The maximum absolute atomic E-state index is 13.4. The van der Waals surface area contributed by atoms with Crippen LogP contribution in [-0.4, -0.2) is 54.0 Å². The number of likely N-dealkylation sites (tertiary alicyclic amines) is 1. The maximum atomic E-state index is 13.4. The molecule has 0 aromatic heterocycles. The van der Waals surface area contributed by atoms with E-state index in [0.717, 1.165) is 38.2 Å². The first-order valence-corrected chi connectivity index (χ1v) is 11.6. The first-order valence-electron chi connectivity index (χ1n) is 11.6. The van der Waals surface area contributed by atoms with Gasteiger partial charge in [-0.3, -0.25) is 9.69 Å². The second kappa shape index (κ2) is 10.7. The van der Waals surface area contributed by atoms with Crippen molar-refractivity contribution < 1.29 is 22.8 Å². The van der Waals surface area contributed by atoms with Crippen molar-refractivity contribution in [1.29, 1.82) is 0 Å². The Hall–Kier alpha value is -3.07. The van der Waals surface area contributed by atoms with E-state index in [1.807, 2.05) is 39.0 Å². The van der Waals surface area contributed by atoms with Gasteiger partial charge in [0.25, 0.3) is 0 Å². The summed E-state index contributed by atoms with van der Waals surface area (Å²) in [5.41, 5.74) is -0.265. The summed E-state index contributed by atoms with van der Waals surface area (Å²) < 4.78 is 38.9. The van der Waals surface area contributed by atoms with Crippen molar-refractivity contribution in [3.63, 3.8) is 0 Å². The first kappa shape index (κ1) is 26.5. The Kier molecular flexibility index (Phi) is 8.10. The van der Waals surface area contributed by atoms with E-state index in [9.17, 15) is 22.8 Å². The zero-order chi connectivity index (χ0) is 25.8. The molecule has 9 heteroatoms. The molecule has 0 saturated carbocycles. The third-order valence-corrected chi connectivity index (χ3v) is 6.23. The number of hydrogen-bond donors (Lipinski definition) is 2. The summed E-state index contributed by atoms with van der Waals surface area (Å²) in [7, 11) is 1.74. The third-order valence-electron chi connectivity index (χ3n) is 6.23. The number of nitrogens with one attached hydrogen (secondary N) is 2. The minimum atomic E-state index is -4.52. The van der Waals surface area contributed by atoms with Crippen LogP contribution in [-0.2, 0) is 17.5 Å². The molecule has 2 aromatic carbocycles. The summed E-state index contributed by atoms with van der Waals surface area (Å²) in [4.78, 5) is 30.1. The van der Waals surface area contributed by atoms with E-state index in [-0.39, 0.29) is 17.6 Å². The zero-order valence-corrected chi connectivity index (χ0v) is 20.5. The van der Waals surface area contributed by atoms with Crippen LogP contribution in [0.2, 0.25) is 0 Å². The number of alkyl halides is 3. The number of urea groups is 1. The van der Waals surface area contributed by atoms with Crippen LogP contribution in [0.25, 0.3) is 0 Å². The molecule has 2 atom stereocenters. The molecule has 1 fully saturated rings. The first-order chi connectivity index (χ1) is 16.3. The monoisotopic (exact) mass is 490 g/mol. The van der Waals surface area contributed by atoms with E-state index < -0.39 is 29.2 Å². The third kappa shape index (κ3) is 7.21. The van der Waals surface area contributed by atoms with Gasteiger partial charge in [0, 0.05) is 38.4 Å². The number of nitrogens with zero attached hydrogens (tertiary/aromatic N) is 2. The molecular formula is C26H33F3N4O2. The summed E-state index contributed by atoms with van der Waals surface area (Å²) in [6.45, 7) is 7.91. The quantitative estimate of drug-likeness (QED) is 0.601. The Morgan fingerprint density at radius 3 is 2.40 bits per heavy atom. The average Bonchev–Trinajstić information content (AvgIpc) is 3.24. The molecule has 2 N–H and O–H groups in total. The van der Waals surface area contributed by atoms with Gasteiger partial charge in [0.15, 0.2) is 0 Å². The van der Waals surface area contributed by atoms with E-state index in [2.05, 4.69) is 27.7 Å². The van der Waals surface area contributed by atoms with Crippen molar-refractivity contribution in [3.8, 4) is 0 Å². The van der Waals surface area contributed by atoms with Gasteiger partial charge in [-0.05, 0) is 35.6 Å². The van der Waals surface area contributed by atoms with Crippen LogP contribution in [0, 0.1) is 5.41 Å². The van der Waals surface area contributed by atoms with Crippen LogP contribution in [0.1, 0.15) is 38.3 Å². The summed E-state index contributed by atoms with van der Waals surface area (Å²) in [6.07, 6.45) is -3.70. The normalized spacial score (nSPS) is 17.6. The number of rotatable bonds is 6. The fraction of sp³-hybridized carbons (Fsp3) is 0.462. The molecule has 0 radical (unpaired) electrons. The topological polar surface area (TPSA) is 64.7 Å². The standard InChI is InChI=1S/C26H33F3N4O2/c1-25(2,3)22(31-24(35)30-20-12-8-11-19(15-20)26(27,28)29)23(34)32(4)21-13-14-33(17-21)16-18-9-6-5-7-10-18/h5-12,15,21-22H,13-14,16-17H2,1-4H3,(H2,30,31,35). The maximum Gasteiger partial charge on any atom is 0.416 e. The lowest BCUT2D eigenvalue weighted by molar-refractivity contribution is -0.137. The second-order valence-corrected chi connectivity index (χ2v) is 10.1. The zero-order valence-electron chi connectivity index (χ0n) is 20.5. The average molecular weight is 491 g/mol. The summed E-state index contributed by atoms with van der Waals surface area (Å²) in [5.74, 6) is -0.233. The van der Waals surface area contributed by atoms with Gasteiger partial charge in [0.2, 0.25) is 5.91 Å². The Morgan fingerprint density at radius 2 is 1.77 bits per heavy atom. The van der Waals surface area contributed by atoms with Crippen molar-refractivity contribution in [2.24, 2.45) is 5.41 Å². The minimum absolute atomic E-state index is 0.00173. The molecule has 0 spiro atoms. The van der Waals surface area contributed by atoms with Crippen LogP contribution in [0.3, 0.4) is 0 Å². The number of likely N-dealkylation sites (N-methyl/N-ethyl adjacent to an activating group) is 1. The van der Waals surface area contributed by atoms with Crippen LogP contribution >= 0.6 is 0 Å². The van der Waals surface area contributed by atoms with Crippen molar-refractivity contribution >= 4 is 17.6 Å². The Labute approximate surface area is 204 Å². The number of amides is 3. The second-order valence-electron chi connectivity index (χ2n) is 10.1.